The van der Waals surface area contributed by atoms with Crippen LogP contribution in [0.2, 0.25) is 5.02 Å². The average Bonchev–Trinajstić information content (AvgIpc) is 2.84. The van der Waals surface area contributed by atoms with Crippen molar-refractivity contribution in [3.05, 3.63) is 45.2 Å². The molecular weight excluding hydrogens is 291 g/mol. The third-order valence-corrected chi connectivity index (χ3v) is 2.99. The van der Waals surface area contributed by atoms with Crippen molar-refractivity contribution < 1.29 is 4.92 Å². The Morgan fingerprint density at radius 3 is 2.89 bits per heavy atom. The third-order valence-electron chi connectivity index (χ3n) is 2.49. The maximum absolute atomic E-state index is 11.0. The Bertz CT molecular complexity index is 600. The van der Waals surface area contributed by atoms with Crippen molar-refractivity contribution in [3.63, 3.8) is 0 Å². The first-order valence-electron chi connectivity index (χ1n) is 5.53. The first-order chi connectivity index (χ1) is 9.11. The second-order valence-corrected chi connectivity index (χ2v) is 4.65. The highest BCUT2D eigenvalue weighted by molar-refractivity contribution is 6.30. The number of aryl methyl sites for hydroxylation is 1. The number of hydrogen-bond donors (Lipinski definition) is 0. The van der Waals surface area contributed by atoms with Gasteiger partial charge in [0.25, 0.3) is 5.69 Å². The van der Waals surface area contributed by atoms with Gasteiger partial charge in [0.05, 0.1) is 16.8 Å². The van der Waals surface area contributed by atoms with E-state index in [0.717, 1.165) is 12.1 Å². The molecule has 19 heavy (non-hydrogen) atoms. The second-order valence-electron chi connectivity index (χ2n) is 3.84. The van der Waals surface area contributed by atoms with E-state index in [9.17, 15) is 10.1 Å². The Hall–Kier alpha value is -1.66. The smallest absolute Gasteiger partial charge is 0.258 e. The van der Waals surface area contributed by atoms with Crippen LogP contribution in [0.15, 0.2) is 24.4 Å². The van der Waals surface area contributed by atoms with Gasteiger partial charge in [-0.3, -0.25) is 10.1 Å². The van der Waals surface area contributed by atoms with Crippen molar-refractivity contribution >= 4 is 28.9 Å². The molecule has 0 aliphatic rings. The summed E-state index contributed by atoms with van der Waals surface area (Å²) in [5.74, 6) is 0.536. The second kappa shape index (κ2) is 5.99. The van der Waals surface area contributed by atoms with Gasteiger partial charge in [-0.05, 0) is 25.0 Å². The third kappa shape index (κ3) is 3.21. The summed E-state index contributed by atoms with van der Waals surface area (Å²) in [6.45, 7) is 0. The van der Waals surface area contributed by atoms with Gasteiger partial charge in [-0.25, -0.2) is 4.68 Å². The van der Waals surface area contributed by atoms with Crippen LogP contribution in [0.5, 0.6) is 0 Å². The normalized spacial score (nSPS) is 10.6. The molecule has 0 aliphatic heterocycles. The molecule has 0 N–H and O–H groups in total. The first kappa shape index (κ1) is 13.8. The van der Waals surface area contributed by atoms with Gasteiger partial charge in [0.15, 0.2) is 0 Å². The van der Waals surface area contributed by atoms with Crippen LogP contribution in [0.1, 0.15) is 12.1 Å². The van der Waals surface area contributed by atoms with Gasteiger partial charge >= 0.3 is 0 Å². The Morgan fingerprint density at radius 1 is 1.42 bits per heavy atom. The number of alkyl halides is 1. The predicted molar refractivity (Wildman–Crippen MR) is 72.1 cm³/mol. The summed E-state index contributed by atoms with van der Waals surface area (Å²) in [5, 5.41) is 19.1. The zero-order chi connectivity index (χ0) is 13.8. The van der Waals surface area contributed by atoms with E-state index in [4.69, 9.17) is 23.2 Å². The highest BCUT2D eigenvalue weighted by Crippen LogP contribution is 2.26. The number of nitro groups is 1. The topological polar surface area (TPSA) is 73.8 Å². The van der Waals surface area contributed by atoms with E-state index < -0.39 is 4.92 Å². The molecule has 0 spiro atoms. The fourth-order valence-corrected chi connectivity index (χ4v) is 1.92. The van der Waals surface area contributed by atoms with Crippen LogP contribution < -0.4 is 0 Å². The molecule has 100 valence electrons. The molecule has 1 aromatic carbocycles. The molecule has 0 bridgehead atoms. The number of rotatable bonds is 5. The quantitative estimate of drug-likeness (QED) is 0.483. The molecule has 0 saturated carbocycles. The maximum atomic E-state index is 11.0. The molecule has 2 rings (SSSR count). The van der Waals surface area contributed by atoms with Gasteiger partial charge in [-0.2, -0.15) is 0 Å². The number of nitro benzene ring substituents is 1. The minimum atomic E-state index is -0.499. The minimum absolute atomic E-state index is 0.110. The number of nitrogens with zero attached hydrogens (tertiary/aromatic N) is 4. The summed E-state index contributed by atoms with van der Waals surface area (Å²) < 4.78 is 1.37. The lowest BCUT2D eigenvalue weighted by atomic mass is 10.2. The Labute approximate surface area is 119 Å². The van der Waals surface area contributed by atoms with Gasteiger partial charge in [-0.1, -0.05) is 16.8 Å². The molecule has 2 aromatic rings. The molecule has 0 radical (unpaired) electrons. The van der Waals surface area contributed by atoms with Crippen LogP contribution in [0.25, 0.3) is 5.69 Å². The van der Waals surface area contributed by atoms with Gasteiger partial charge in [-0.15, -0.1) is 16.7 Å². The Morgan fingerprint density at radius 2 is 2.21 bits per heavy atom. The minimum Gasteiger partial charge on any atom is -0.258 e. The lowest BCUT2D eigenvalue weighted by Crippen LogP contribution is -2.00. The lowest BCUT2D eigenvalue weighted by Gasteiger charge is -2.01. The van der Waals surface area contributed by atoms with E-state index in [0.29, 0.717) is 23.0 Å². The van der Waals surface area contributed by atoms with Crippen LogP contribution >= 0.6 is 23.2 Å². The summed E-state index contributed by atoms with van der Waals surface area (Å²) in [4.78, 5) is 10.5. The highest BCUT2D eigenvalue weighted by Gasteiger charge is 2.17. The number of aromatic nitrogens is 3. The molecule has 0 amide bonds. The monoisotopic (exact) mass is 300 g/mol. The molecule has 1 heterocycles. The molecule has 0 fully saturated rings. The van der Waals surface area contributed by atoms with Crippen molar-refractivity contribution in [1.82, 2.24) is 15.0 Å². The largest absolute Gasteiger partial charge is 0.296 e. The van der Waals surface area contributed by atoms with E-state index >= 15 is 0 Å². The van der Waals surface area contributed by atoms with Crippen LogP contribution in [0, 0.1) is 10.1 Å². The van der Waals surface area contributed by atoms with Gasteiger partial charge in [0, 0.05) is 17.0 Å². The molecule has 6 nitrogen and oxygen atoms in total. The summed E-state index contributed by atoms with van der Waals surface area (Å²) in [6, 6.07) is 4.40. The molecule has 8 heteroatoms. The maximum Gasteiger partial charge on any atom is 0.296 e. The molecule has 1 aromatic heterocycles. The van der Waals surface area contributed by atoms with Crippen molar-refractivity contribution in [3.8, 4) is 5.69 Å². The Balaban J connectivity index is 2.36. The zero-order valence-corrected chi connectivity index (χ0v) is 11.3. The van der Waals surface area contributed by atoms with E-state index in [1.807, 2.05) is 0 Å². The highest BCUT2D eigenvalue weighted by atomic mass is 35.5. The van der Waals surface area contributed by atoms with E-state index in [2.05, 4.69) is 10.3 Å². The molecule has 0 unspecified atom stereocenters. The summed E-state index contributed by atoms with van der Waals surface area (Å²) in [6.07, 6.45) is 3.12. The van der Waals surface area contributed by atoms with Crippen molar-refractivity contribution in [2.45, 2.75) is 12.8 Å². The standard InChI is InChI=1S/C11H10Cl2N4O2/c12-5-1-2-9-7-16(15-14-9)10-4-3-8(13)6-11(10)17(18)19/h3-4,6-7H,1-2,5H2. The number of hydrogen-bond acceptors (Lipinski definition) is 4. The van der Waals surface area contributed by atoms with Crippen LogP contribution in [-0.4, -0.2) is 25.8 Å². The van der Waals surface area contributed by atoms with E-state index in [-0.39, 0.29) is 5.69 Å². The summed E-state index contributed by atoms with van der Waals surface area (Å²) in [7, 11) is 0. The van der Waals surface area contributed by atoms with Gasteiger partial charge < -0.3 is 0 Å². The van der Waals surface area contributed by atoms with Crippen LogP contribution in [0.3, 0.4) is 0 Å². The summed E-state index contributed by atoms with van der Waals surface area (Å²) >= 11 is 11.4. The zero-order valence-electron chi connectivity index (χ0n) is 9.79. The number of benzene rings is 1. The van der Waals surface area contributed by atoms with E-state index in [1.54, 1.807) is 18.3 Å². The van der Waals surface area contributed by atoms with E-state index in [1.165, 1.54) is 10.7 Å². The molecule has 0 atom stereocenters. The SMILES string of the molecule is O=[N+]([O-])c1cc(Cl)ccc1-n1cc(CCCCl)nn1. The van der Waals surface area contributed by atoms with Gasteiger partial charge in [0.1, 0.15) is 5.69 Å². The van der Waals surface area contributed by atoms with Crippen LogP contribution in [0.4, 0.5) is 5.69 Å². The van der Waals surface area contributed by atoms with Crippen molar-refractivity contribution in [1.29, 1.82) is 0 Å². The Kier molecular flexibility index (Phi) is 4.34. The van der Waals surface area contributed by atoms with Crippen LogP contribution in [-0.2, 0) is 6.42 Å². The fraction of sp³-hybridized carbons (Fsp3) is 0.273. The number of halogens is 2. The first-order valence-corrected chi connectivity index (χ1v) is 6.44. The van der Waals surface area contributed by atoms with Gasteiger partial charge in [0.2, 0.25) is 0 Å². The lowest BCUT2D eigenvalue weighted by molar-refractivity contribution is -0.384. The van der Waals surface area contributed by atoms with Crippen molar-refractivity contribution in [2.24, 2.45) is 0 Å². The van der Waals surface area contributed by atoms with Crippen molar-refractivity contribution in [2.75, 3.05) is 5.88 Å². The molecule has 0 aliphatic carbocycles. The fourth-order valence-electron chi connectivity index (χ4n) is 1.62. The summed E-state index contributed by atoms with van der Waals surface area (Å²) in [5.41, 5.74) is 0.963. The predicted octanol–water partition coefficient (Wildman–Crippen LogP) is 3.00. The molecule has 0 saturated heterocycles. The molecular formula is C11H10Cl2N4O2. The average molecular weight is 301 g/mol.